The van der Waals surface area contributed by atoms with Crippen LogP contribution in [0.1, 0.15) is 12.8 Å². The van der Waals surface area contributed by atoms with Crippen LogP contribution < -0.4 is 0 Å². The van der Waals surface area contributed by atoms with Gasteiger partial charge in [-0.2, -0.15) is 5.10 Å². The monoisotopic (exact) mass is 276 g/mol. The van der Waals surface area contributed by atoms with Crippen molar-refractivity contribution in [1.82, 2.24) is 19.7 Å². The minimum Gasteiger partial charge on any atom is -0.381 e. The third-order valence-electron chi connectivity index (χ3n) is 3.35. The molecule has 0 amide bonds. The summed E-state index contributed by atoms with van der Waals surface area (Å²) < 4.78 is 8.19. The van der Waals surface area contributed by atoms with Crippen molar-refractivity contribution in [3.8, 4) is 11.5 Å². The van der Waals surface area contributed by atoms with E-state index in [1.54, 1.807) is 6.20 Å². The lowest BCUT2D eigenvalue weighted by Crippen LogP contribution is -2.22. The second-order valence-corrected chi connectivity index (χ2v) is 5.15. The molecule has 19 heavy (non-hydrogen) atoms. The molecule has 0 saturated carbocycles. The molecule has 1 atom stereocenters. The van der Waals surface area contributed by atoms with Gasteiger partial charge in [-0.15, -0.1) is 0 Å². The van der Waals surface area contributed by atoms with E-state index in [9.17, 15) is 0 Å². The maximum atomic E-state index is 5.52. The van der Waals surface area contributed by atoms with Gasteiger partial charge >= 0.3 is 0 Å². The van der Waals surface area contributed by atoms with E-state index >= 15 is 0 Å². The molecule has 0 radical (unpaired) electrons. The lowest BCUT2D eigenvalue weighted by Gasteiger charge is -2.22. The molecule has 6 heteroatoms. The van der Waals surface area contributed by atoms with Gasteiger partial charge in [0.1, 0.15) is 5.69 Å². The molecule has 3 heterocycles. The molecular weight excluding hydrogens is 260 g/mol. The zero-order valence-corrected chi connectivity index (χ0v) is 11.4. The van der Waals surface area contributed by atoms with Gasteiger partial charge in [0.25, 0.3) is 0 Å². The van der Waals surface area contributed by atoms with Crippen molar-refractivity contribution >= 4 is 12.2 Å². The van der Waals surface area contributed by atoms with Crippen molar-refractivity contribution in [2.45, 2.75) is 19.4 Å². The topological polar surface area (TPSA) is 55.7 Å². The molecule has 0 aromatic carbocycles. The van der Waals surface area contributed by atoms with E-state index in [0.717, 1.165) is 37.7 Å². The van der Waals surface area contributed by atoms with Gasteiger partial charge in [0.2, 0.25) is 0 Å². The fourth-order valence-electron chi connectivity index (χ4n) is 2.39. The van der Waals surface area contributed by atoms with Crippen LogP contribution in [0.15, 0.2) is 24.4 Å². The Morgan fingerprint density at radius 1 is 1.47 bits per heavy atom. The van der Waals surface area contributed by atoms with Gasteiger partial charge < -0.3 is 4.74 Å². The summed E-state index contributed by atoms with van der Waals surface area (Å²) in [4.78, 5) is 4.34. The first kappa shape index (κ1) is 12.5. The molecule has 0 bridgehead atoms. The molecule has 2 aromatic heterocycles. The van der Waals surface area contributed by atoms with Crippen LogP contribution in [0.25, 0.3) is 11.5 Å². The Labute approximate surface area is 116 Å². The van der Waals surface area contributed by atoms with Crippen LogP contribution in [0.5, 0.6) is 0 Å². The highest BCUT2D eigenvalue weighted by molar-refractivity contribution is 7.71. The Bertz CT molecular complexity index is 586. The highest BCUT2D eigenvalue weighted by Gasteiger charge is 2.18. The first-order chi connectivity index (χ1) is 9.34. The van der Waals surface area contributed by atoms with Crippen LogP contribution in [0, 0.1) is 10.7 Å². The van der Waals surface area contributed by atoms with Crippen molar-refractivity contribution in [1.29, 1.82) is 0 Å². The average Bonchev–Trinajstić information content (AvgIpc) is 2.82. The van der Waals surface area contributed by atoms with Gasteiger partial charge in [0.05, 0.1) is 6.61 Å². The van der Waals surface area contributed by atoms with E-state index < -0.39 is 0 Å². The molecule has 100 valence electrons. The van der Waals surface area contributed by atoms with Crippen molar-refractivity contribution in [3.63, 3.8) is 0 Å². The second-order valence-electron chi connectivity index (χ2n) is 4.76. The van der Waals surface area contributed by atoms with Crippen LogP contribution in [-0.2, 0) is 11.3 Å². The van der Waals surface area contributed by atoms with E-state index in [0.29, 0.717) is 10.7 Å². The molecule has 1 aliphatic heterocycles. The van der Waals surface area contributed by atoms with Crippen molar-refractivity contribution in [2.75, 3.05) is 13.2 Å². The third kappa shape index (κ3) is 2.74. The number of ether oxygens (including phenoxy) is 1. The first-order valence-corrected chi connectivity index (χ1v) is 6.90. The number of aromatic amines is 1. The predicted octanol–water partition coefficient (Wildman–Crippen LogP) is 2.43. The summed E-state index contributed by atoms with van der Waals surface area (Å²) in [6.07, 6.45) is 4.06. The molecule has 0 spiro atoms. The van der Waals surface area contributed by atoms with E-state index in [-0.39, 0.29) is 0 Å². The minimum atomic E-state index is 0.500. The van der Waals surface area contributed by atoms with Crippen LogP contribution in [-0.4, -0.2) is 33.0 Å². The summed E-state index contributed by atoms with van der Waals surface area (Å²) in [5.41, 5.74) is 0.839. The summed E-state index contributed by atoms with van der Waals surface area (Å²) in [5, 5.41) is 7.15. The number of H-pyrrole nitrogens is 1. The van der Waals surface area contributed by atoms with Gasteiger partial charge in [0.15, 0.2) is 10.6 Å². The van der Waals surface area contributed by atoms with E-state index in [1.165, 1.54) is 6.42 Å². The van der Waals surface area contributed by atoms with Gasteiger partial charge in [-0.1, -0.05) is 6.07 Å². The Morgan fingerprint density at radius 3 is 3.16 bits per heavy atom. The van der Waals surface area contributed by atoms with E-state index in [2.05, 4.69) is 15.2 Å². The summed E-state index contributed by atoms with van der Waals surface area (Å²) in [7, 11) is 0. The van der Waals surface area contributed by atoms with E-state index in [1.807, 2.05) is 22.8 Å². The Kier molecular flexibility index (Phi) is 3.70. The second kappa shape index (κ2) is 5.63. The number of hydrogen-bond donors (Lipinski definition) is 1. The molecule has 3 rings (SSSR count). The molecule has 1 saturated heterocycles. The standard InChI is InChI=1S/C13H16N4OS/c19-13-16-15-12(11-5-1-2-6-14-11)17(13)8-10-4-3-7-18-9-10/h1-2,5-6,10H,3-4,7-9H2,(H,16,19). The minimum absolute atomic E-state index is 0.500. The zero-order chi connectivity index (χ0) is 13.1. The fourth-order valence-corrected chi connectivity index (χ4v) is 2.59. The third-order valence-corrected chi connectivity index (χ3v) is 3.66. The van der Waals surface area contributed by atoms with Gasteiger partial charge in [-0.3, -0.25) is 14.6 Å². The maximum Gasteiger partial charge on any atom is 0.195 e. The van der Waals surface area contributed by atoms with Crippen LogP contribution in [0.3, 0.4) is 0 Å². The molecule has 1 fully saturated rings. The molecule has 0 aliphatic carbocycles. The van der Waals surface area contributed by atoms with Crippen molar-refractivity contribution in [3.05, 3.63) is 29.2 Å². The SMILES string of the molecule is S=c1[nH]nc(-c2ccccn2)n1CC1CCCOC1. The van der Waals surface area contributed by atoms with Crippen LogP contribution in [0.4, 0.5) is 0 Å². The van der Waals surface area contributed by atoms with Crippen LogP contribution >= 0.6 is 12.2 Å². The normalized spacial score (nSPS) is 19.5. The summed E-state index contributed by atoms with van der Waals surface area (Å²) in [6.45, 7) is 2.51. The molecule has 2 aromatic rings. The largest absolute Gasteiger partial charge is 0.381 e. The smallest absolute Gasteiger partial charge is 0.195 e. The van der Waals surface area contributed by atoms with Crippen molar-refractivity contribution < 1.29 is 4.74 Å². The van der Waals surface area contributed by atoms with Crippen molar-refractivity contribution in [2.24, 2.45) is 5.92 Å². The summed E-state index contributed by atoms with van der Waals surface area (Å²) in [6, 6.07) is 5.79. The quantitative estimate of drug-likeness (QED) is 0.875. The summed E-state index contributed by atoms with van der Waals surface area (Å²) >= 11 is 5.32. The maximum absolute atomic E-state index is 5.52. The Balaban J connectivity index is 1.88. The molecule has 1 unspecified atom stereocenters. The first-order valence-electron chi connectivity index (χ1n) is 6.49. The number of aromatic nitrogens is 4. The Hall–Kier alpha value is -1.53. The number of pyridine rings is 1. The number of nitrogens with zero attached hydrogens (tertiary/aromatic N) is 3. The molecule has 5 nitrogen and oxygen atoms in total. The average molecular weight is 276 g/mol. The van der Waals surface area contributed by atoms with Gasteiger partial charge in [-0.05, 0) is 37.2 Å². The molecule has 1 N–H and O–H groups in total. The lowest BCUT2D eigenvalue weighted by atomic mass is 10.0. The Morgan fingerprint density at radius 2 is 2.42 bits per heavy atom. The van der Waals surface area contributed by atoms with E-state index in [4.69, 9.17) is 17.0 Å². The number of rotatable bonds is 3. The number of hydrogen-bond acceptors (Lipinski definition) is 4. The lowest BCUT2D eigenvalue weighted by molar-refractivity contribution is 0.0483. The highest BCUT2D eigenvalue weighted by Crippen LogP contribution is 2.20. The van der Waals surface area contributed by atoms with Crippen LogP contribution in [0.2, 0.25) is 0 Å². The fraction of sp³-hybridized carbons (Fsp3) is 0.462. The molecular formula is C13H16N4OS. The zero-order valence-electron chi connectivity index (χ0n) is 10.6. The van der Waals surface area contributed by atoms with Gasteiger partial charge in [0, 0.05) is 25.3 Å². The highest BCUT2D eigenvalue weighted by atomic mass is 32.1. The summed E-state index contributed by atoms with van der Waals surface area (Å²) in [5.74, 6) is 1.30. The number of nitrogens with one attached hydrogen (secondary N) is 1. The predicted molar refractivity (Wildman–Crippen MR) is 74.2 cm³/mol. The van der Waals surface area contributed by atoms with Gasteiger partial charge in [-0.25, -0.2) is 0 Å². The molecule has 1 aliphatic rings.